The minimum absolute atomic E-state index is 0.196. The van der Waals surface area contributed by atoms with Crippen molar-refractivity contribution in [2.45, 2.75) is 43.6 Å². The SMILES string of the molecule is CC1CCCN(C(=O)c2ccccc2SCC2CCCO2)C1. The third-order valence-corrected chi connectivity index (χ3v) is 5.72. The molecule has 0 aliphatic carbocycles. The zero-order valence-electron chi connectivity index (χ0n) is 13.3. The molecule has 0 spiro atoms. The number of hydrogen-bond acceptors (Lipinski definition) is 3. The Hall–Kier alpha value is -1.00. The van der Waals surface area contributed by atoms with E-state index < -0.39 is 0 Å². The summed E-state index contributed by atoms with van der Waals surface area (Å²) in [5, 5.41) is 0. The first kappa shape index (κ1) is 15.9. The molecule has 4 heteroatoms. The van der Waals surface area contributed by atoms with Gasteiger partial charge in [-0.3, -0.25) is 4.79 Å². The Kier molecular flexibility index (Phi) is 5.42. The fourth-order valence-electron chi connectivity index (χ4n) is 3.27. The fraction of sp³-hybridized carbons (Fsp3) is 0.611. The van der Waals surface area contributed by atoms with Crippen molar-refractivity contribution >= 4 is 17.7 Å². The molecule has 1 aromatic carbocycles. The lowest BCUT2D eigenvalue weighted by molar-refractivity contribution is 0.0679. The summed E-state index contributed by atoms with van der Waals surface area (Å²) in [6, 6.07) is 8.03. The van der Waals surface area contributed by atoms with Crippen molar-refractivity contribution in [1.82, 2.24) is 4.90 Å². The largest absolute Gasteiger partial charge is 0.377 e. The highest BCUT2D eigenvalue weighted by Crippen LogP contribution is 2.28. The number of rotatable bonds is 4. The van der Waals surface area contributed by atoms with Crippen LogP contribution in [-0.4, -0.2) is 42.4 Å². The summed E-state index contributed by atoms with van der Waals surface area (Å²) < 4.78 is 5.69. The van der Waals surface area contributed by atoms with Crippen molar-refractivity contribution in [3.8, 4) is 0 Å². The molecule has 2 aliphatic heterocycles. The van der Waals surface area contributed by atoms with Gasteiger partial charge in [0.15, 0.2) is 0 Å². The van der Waals surface area contributed by atoms with Gasteiger partial charge >= 0.3 is 0 Å². The lowest BCUT2D eigenvalue weighted by Gasteiger charge is -2.31. The van der Waals surface area contributed by atoms with Crippen molar-refractivity contribution in [1.29, 1.82) is 0 Å². The van der Waals surface area contributed by atoms with E-state index in [0.717, 1.165) is 55.2 Å². The van der Waals surface area contributed by atoms with E-state index in [1.165, 1.54) is 6.42 Å². The van der Waals surface area contributed by atoms with E-state index in [1.807, 2.05) is 23.1 Å². The highest BCUT2D eigenvalue weighted by Gasteiger charge is 2.24. The average molecular weight is 319 g/mol. The molecular weight excluding hydrogens is 294 g/mol. The Balaban J connectivity index is 1.68. The van der Waals surface area contributed by atoms with Crippen LogP contribution in [0.15, 0.2) is 29.2 Å². The third-order valence-electron chi connectivity index (χ3n) is 4.51. The van der Waals surface area contributed by atoms with E-state index in [4.69, 9.17) is 4.74 Å². The molecule has 3 nitrogen and oxygen atoms in total. The number of piperidine rings is 1. The number of hydrogen-bond donors (Lipinski definition) is 0. The van der Waals surface area contributed by atoms with Crippen molar-refractivity contribution < 1.29 is 9.53 Å². The molecule has 120 valence electrons. The Morgan fingerprint density at radius 3 is 2.95 bits per heavy atom. The monoisotopic (exact) mass is 319 g/mol. The highest BCUT2D eigenvalue weighted by molar-refractivity contribution is 7.99. The minimum atomic E-state index is 0.196. The summed E-state index contributed by atoms with van der Waals surface area (Å²) in [5.74, 6) is 1.76. The van der Waals surface area contributed by atoms with Crippen LogP contribution >= 0.6 is 11.8 Å². The van der Waals surface area contributed by atoms with Gasteiger partial charge in [0.25, 0.3) is 5.91 Å². The number of ether oxygens (including phenoxy) is 1. The number of likely N-dealkylation sites (tertiary alicyclic amines) is 1. The van der Waals surface area contributed by atoms with Crippen LogP contribution in [0.4, 0.5) is 0 Å². The predicted octanol–water partition coefficient (Wildman–Crippen LogP) is 3.83. The zero-order valence-corrected chi connectivity index (χ0v) is 14.1. The number of benzene rings is 1. The molecule has 2 atom stereocenters. The number of thioether (sulfide) groups is 1. The first-order valence-electron chi connectivity index (χ1n) is 8.37. The van der Waals surface area contributed by atoms with Crippen molar-refractivity contribution in [2.24, 2.45) is 5.92 Å². The summed E-state index contributed by atoms with van der Waals surface area (Å²) in [7, 11) is 0. The highest BCUT2D eigenvalue weighted by atomic mass is 32.2. The standard InChI is InChI=1S/C18H25NO2S/c1-14-6-4-10-19(12-14)18(20)16-8-2-3-9-17(16)22-13-15-7-5-11-21-15/h2-3,8-9,14-15H,4-7,10-13H2,1H3. The van der Waals surface area contributed by atoms with Crippen LogP contribution in [0.1, 0.15) is 43.0 Å². The van der Waals surface area contributed by atoms with Gasteiger partial charge in [0.05, 0.1) is 11.7 Å². The van der Waals surface area contributed by atoms with E-state index in [0.29, 0.717) is 12.0 Å². The van der Waals surface area contributed by atoms with Gasteiger partial charge in [0, 0.05) is 30.3 Å². The Bertz CT molecular complexity index is 514. The van der Waals surface area contributed by atoms with Gasteiger partial charge in [-0.25, -0.2) is 0 Å². The van der Waals surface area contributed by atoms with Crippen LogP contribution in [0.2, 0.25) is 0 Å². The normalized spacial score (nSPS) is 25.4. The topological polar surface area (TPSA) is 29.5 Å². The first-order chi connectivity index (χ1) is 10.7. The molecule has 2 saturated heterocycles. The maximum Gasteiger partial charge on any atom is 0.254 e. The molecule has 2 aliphatic rings. The lowest BCUT2D eigenvalue weighted by atomic mass is 9.99. The maximum atomic E-state index is 12.8. The summed E-state index contributed by atoms with van der Waals surface area (Å²) in [6.45, 7) is 4.91. The van der Waals surface area contributed by atoms with Gasteiger partial charge in [-0.15, -0.1) is 11.8 Å². The molecule has 3 rings (SSSR count). The van der Waals surface area contributed by atoms with Crippen LogP contribution in [0, 0.1) is 5.92 Å². The van der Waals surface area contributed by atoms with E-state index in [-0.39, 0.29) is 5.91 Å². The van der Waals surface area contributed by atoms with Crippen LogP contribution in [0.5, 0.6) is 0 Å². The summed E-state index contributed by atoms with van der Waals surface area (Å²) in [6.07, 6.45) is 5.02. The number of amides is 1. The number of nitrogens with zero attached hydrogens (tertiary/aromatic N) is 1. The third kappa shape index (κ3) is 3.85. The molecular formula is C18H25NO2S. The van der Waals surface area contributed by atoms with Gasteiger partial charge in [0.1, 0.15) is 0 Å². The summed E-state index contributed by atoms with van der Waals surface area (Å²) >= 11 is 1.76. The van der Waals surface area contributed by atoms with Crippen molar-refractivity contribution in [3.05, 3.63) is 29.8 Å². The van der Waals surface area contributed by atoms with E-state index in [2.05, 4.69) is 13.0 Å². The second-order valence-corrected chi connectivity index (χ2v) is 7.50. The number of carbonyl (C=O) groups is 1. The molecule has 2 fully saturated rings. The number of carbonyl (C=O) groups excluding carboxylic acids is 1. The van der Waals surface area contributed by atoms with Gasteiger partial charge in [-0.1, -0.05) is 19.1 Å². The molecule has 0 bridgehead atoms. The van der Waals surface area contributed by atoms with Crippen LogP contribution in [0.3, 0.4) is 0 Å². The molecule has 0 N–H and O–H groups in total. The van der Waals surface area contributed by atoms with Crippen LogP contribution in [0.25, 0.3) is 0 Å². The van der Waals surface area contributed by atoms with E-state index in [9.17, 15) is 4.79 Å². The zero-order chi connectivity index (χ0) is 15.4. The molecule has 0 saturated carbocycles. The molecule has 1 amide bonds. The molecule has 2 unspecified atom stereocenters. The summed E-state index contributed by atoms with van der Waals surface area (Å²) in [5.41, 5.74) is 0.861. The average Bonchev–Trinajstić information content (AvgIpc) is 3.06. The molecule has 2 heterocycles. The van der Waals surface area contributed by atoms with E-state index >= 15 is 0 Å². The van der Waals surface area contributed by atoms with Gasteiger partial charge in [-0.2, -0.15) is 0 Å². The van der Waals surface area contributed by atoms with Gasteiger partial charge < -0.3 is 9.64 Å². The fourth-order valence-corrected chi connectivity index (χ4v) is 4.39. The Morgan fingerprint density at radius 2 is 2.18 bits per heavy atom. The van der Waals surface area contributed by atoms with Crippen LogP contribution < -0.4 is 0 Å². The second-order valence-electron chi connectivity index (χ2n) is 6.44. The van der Waals surface area contributed by atoms with Gasteiger partial charge in [-0.05, 0) is 43.7 Å². The Labute approximate surface area is 137 Å². The maximum absolute atomic E-state index is 12.8. The van der Waals surface area contributed by atoms with Crippen molar-refractivity contribution in [2.75, 3.05) is 25.4 Å². The smallest absolute Gasteiger partial charge is 0.254 e. The molecule has 0 aromatic heterocycles. The second kappa shape index (κ2) is 7.51. The molecule has 22 heavy (non-hydrogen) atoms. The van der Waals surface area contributed by atoms with Crippen molar-refractivity contribution in [3.63, 3.8) is 0 Å². The Morgan fingerprint density at radius 1 is 1.32 bits per heavy atom. The van der Waals surface area contributed by atoms with Gasteiger partial charge in [0.2, 0.25) is 0 Å². The molecule has 0 radical (unpaired) electrons. The summed E-state index contributed by atoms with van der Waals surface area (Å²) in [4.78, 5) is 16.0. The first-order valence-corrected chi connectivity index (χ1v) is 9.35. The molecule has 1 aromatic rings. The van der Waals surface area contributed by atoms with Crippen LogP contribution in [-0.2, 0) is 4.74 Å². The van der Waals surface area contributed by atoms with E-state index in [1.54, 1.807) is 11.8 Å². The predicted molar refractivity (Wildman–Crippen MR) is 90.4 cm³/mol. The minimum Gasteiger partial charge on any atom is -0.377 e. The quantitative estimate of drug-likeness (QED) is 0.790. The lowest BCUT2D eigenvalue weighted by Crippen LogP contribution is -2.39.